The van der Waals surface area contributed by atoms with Crippen LogP contribution < -0.4 is 14.2 Å². The van der Waals surface area contributed by atoms with Crippen LogP contribution in [-0.2, 0) is 19.4 Å². The molecule has 31 heavy (non-hydrogen) atoms. The minimum atomic E-state index is 0.521. The molecule has 4 rings (SSSR count). The summed E-state index contributed by atoms with van der Waals surface area (Å²) >= 11 is 0. The van der Waals surface area contributed by atoms with Crippen LogP contribution in [0.4, 0.5) is 0 Å². The van der Waals surface area contributed by atoms with Gasteiger partial charge in [-0.2, -0.15) is 0 Å². The molecule has 0 saturated heterocycles. The zero-order chi connectivity index (χ0) is 21.6. The van der Waals surface area contributed by atoms with Gasteiger partial charge in [0.25, 0.3) is 0 Å². The van der Waals surface area contributed by atoms with Crippen molar-refractivity contribution in [2.75, 3.05) is 27.8 Å². The highest BCUT2D eigenvalue weighted by Gasteiger charge is 2.25. The predicted octanol–water partition coefficient (Wildman–Crippen LogP) is 4.90. The van der Waals surface area contributed by atoms with Gasteiger partial charge in [0, 0.05) is 18.4 Å². The number of hydrogen-bond donors (Lipinski definition) is 0. The molecule has 4 nitrogen and oxygen atoms in total. The highest BCUT2D eigenvalue weighted by atomic mass is 16.5. The molecule has 0 radical (unpaired) electrons. The van der Waals surface area contributed by atoms with Gasteiger partial charge in [-0.15, -0.1) is 0 Å². The minimum absolute atomic E-state index is 0.521. The fourth-order valence-electron chi connectivity index (χ4n) is 4.09. The zero-order valence-electron chi connectivity index (χ0n) is 18.6. The molecule has 0 bridgehead atoms. The van der Waals surface area contributed by atoms with Crippen LogP contribution in [0.3, 0.4) is 0 Å². The fraction of sp³-hybridized carbons (Fsp3) is 0.296. The van der Waals surface area contributed by atoms with E-state index >= 15 is 0 Å². The molecule has 1 aliphatic rings. The summed E-state index contributed by atoms with van der Waals surface area (Å²) in [6.45, 7) is 1.53. The van der Waals surface area contributed by atoms with Crippen molar-refractivity contribution in [3.05, 3.63) is 89.0 Å². The first kappa shape index (κ1) is 21.0. The van der Waals surface area contributed by atoms with Gasteiger partial charge in [-0.05, 0) is 47.4 Å². The van der Waals surface area contributed by atoms with Crippen molar-refractivity contribution < 1.29 is 18.8 Å². The third-order valence-electron chi connectivity index (χ3n) is 5.92. The fourth-order valence-corrected chi connectivity index (χ4v) is 4.09. The van der Waals surface area contributed by atoms with Gasteiger partial charge in [-0.1, -0.05) is 42.5 Å². The molecule has 0 unspecified atom stereocenters. The topological polar surface area (TPSA) is 30.7 Å². The molecular formula is C27H30NO3+. The molecule has 0 amide bonds. The maximum absolute atomic E-state index is 6.18. The van der Waals surface area contributed by atoms with Crippen molar-refractivity contribution >= 4 is 5.71 Å². The summed E-state index contributed by atoms with van der Waals surface area (Å²) in [7, 11) is 5.59. The van der Waals surface area contributed by atoms with Crippen LogP contribution in [0.5, 0.6) is 17.2 Å². The number of rotatable bonds is 8. The Morgan fingerprint density at radius 1 is 0.806 bits per heavy atom. The van der Waals surface area contributed by atoms with Gasteiger partial charge >= 0.3 is 0 Å². The van der Waals surface area contributed by atoms with E-state index in [1.165, 1.54) is 22.4 Å². The van der Waals surface area contributed by atoms with Crippen molar-refractivity contribution in [2.24, 2.45) is 0 Å². The van der Waals surface area contributed by atoms with Crippen LogP contribution in [0.25, 0.3) is 0 Å². The average molecular weight is 417 g/mol. The molecule has 4 heteroatoms. The van der Waals surface area contributed by atoms with Crippen LogP contribution >= 0.6 is 0 Å². The van der Waals surface area contributed by atoms with Crippen molar-refractivity contribution in [1.29, 1.82) is 0 Å². The van der Waals surface area contributed by atoms with E-state index in [4.69, 9.17) is 14.2 Å². The van der Waals surface area contributed by atoms with Crippen LogP contribution in [0.15, 0.2) is 66.7 Å². The quantitative estimate of drug-likeness (QED) is 0.489. The summed E-state index contributed by atoms with van der Waals surface area (Å²) in [6.07, 6.45) is 2.96. The summed E-state index contributed by atoms with van der Waals surface area (Å²) in [5.74, 6) is 2.49. The molecule has 3 aromatic rings. The first-order valence-corrected chi connectivity index (χ1v) is 10.8. The third-order valence-corrected chi connectivity index (χ3v) is 5.92. The number of fused-ring (bicyclic) bond motifs is 1. The van der Waals surface area contributed by atoms with Gasteiger partial charge in [0.1, 0.15) is 25.9 Å². The lowest BCUT2D eigenvalue weighted by molar-refractivity contribution is -0.499. The molecule has 1 aliphatic heterocycles. The smallest absolute Gasteiger partial charge is 0.183 e. The van der Waals surface area contributed by atoms with E-state index in [0.717, 1.165) is 48.6 Å². The van der Waals surface area contributed by atoms with Gasteiger partial charge < -0.3 is 14.2 Å². The Bertz CT molecular complexity index is 1060. The van der Waals surface area contributed by atoms with Crippen molar-refractivity contribution in [1.82, 2.24) is 0 Å². The van der Waals surface area contributed by atoms with Gasteiger partial charge in [0.15, 0.2) is 17.2 Å². The first-order valence-electron chi connectivity index (χ1n) is 10.8. The zero-order valence-corrected chi connectivity index (χ0v) is 18.6. The van der Waals surface area contributed by atoms with Crippen molar-refractivity contribution in [2.45, 2.75) is 25.9 Å². The number of benzene rings is 3. The lowest BCUT2D eigenvalue weighted by Gasteiger charge is -2.20. The highest BCUT2D eigenvalue weighted by molar-refractivity contribution is 5.99. The lowest BCUT2D eigenvalue weighted by Crippen LogP contribution is -2.28. The molecule has 160 valence electrons. The maximum atomic E-state index is 6.18. The van der Waals surface area contributed by atoms with E-state index in [1.54, 1.807) is 14.2 Å². The van der Waals surface area contributed by atoms with Gasteiger partial charge in [0.05, 0.1) is 14.2 Å². The number of hydrogen-bond acceptors (Lipinski definition) is 3. The summed E-state index contributed by atoms with van der Waals surface area (Å²) in [6, 6.07) is 22.9. The Morgan fingerprint density at radius 3 is 2.29 bits per heavy atom. The van der Waals surface area contributed by atoms with E-state index < -0.39 is 0 Å². The van der Waals surface area contributed by atoms with Crippen molar-refractivity contribution in [3.63, 3.8) is 0 Å². The number of aryl methyl sites for hydroxylation is 1. The standard InChI is InChI=1S/C27H30NO3/c1-28-16-15-22-17-26(30-3)27(31-19-21-7-5-4-6-8-21)18-24(22)25(28)14-11-20-9-12-23(29-2)13-10-20/h4-10,12-13,17-18H,11,14-16,19H2,1-3H3/q+1. The average Bonchev–Trinajstić information content (AvgIpc) is 2.82. The van der Waals surface area contributed by atoms with Crippen LogP contribution in [0, 0.1) is 0 Å². The van der Waals surface area contributed by atoms with E-state index in [0.29, 0.717) is 6.61 Å². The Kier molecular flexibility index (Phi) is 6.56. The second-order valence-electron chi connectivity index (χ2n) is 7.90. The molecule has 0 spiro atoms. The molecule has 1 heterocycles. The summed E-state index contributed by atoms with van der Waals surface area (Å²) < 4.78 is 19.5. The number of methoxy groups -OCH3 is 2. The summed E-state index contributed by atoms with van der Waals surface area (Å²) in [5, 5.41) is 0. The molecule has 0 fully saturated rings. The summed E-state index contributed by atoms with van der Waals surface area (Å²) in [5.41, 5.74) is 6.40. The van der Waals surface area contributed by atoms with E-state index in [2.05, 4.69) is 48.0 Å². The minimum Gasteiger partial charge on any atom is -0.497 e. The SMILES string of the molecule is COc1ccc(CCC2=[N+](C)CCc3cc(OC)c(OCc4ccccc4)cc32)cc1. The van der Waals surface area contributed by atoms with Gasteiger partial charge in [-0.3, -0.25) is 0 Å². The molecular weight excluding hydrogens is 386 g/mol. The Hall–Kier alpha value is -3.27. The Balaban J connectivity index is 1.57. The second kappa shape index (κ2) is 9.69. The summed E-state index contributed by atoms with van der Waals surface area (Å²) in [4.78, 5) is 0. The van der Waals surface area contributed by atoms with Crippen LogP contribution in [0.1, 0.15) is 28.7 Å². The third kappa shape index (κ3) is 4.91. The molecule has 0 aromatic heterocycles. The van der Waals surface area contributed by atoms with Crippen molar-refractivity contribution in [3.8, 4) is 17.2 Å². The van der Waals surface area contributed by atoms with E-state index in [1.807, 2.05) is 30.3 Å². The molecule has 3 aromatic carbocycles. The molecule has 0 saturated carbocycles. The molecule has 0 N–H and O–H groups in total. The van der Waals surface area contributed by atoms with Gasteiger partial charge in [-0.25, -0.2) is 4.58 Å². The first-order chi connectivity index (χ1) is 15.2. The van der Waals surface area contributed by atoms with E-state index in [9.17, 15) is 0 Å². The predicted molar refractivity (Wildman–Crippen MR) is 124 cm³/mol. The number of ether oxygens (including phenoxy) is 3. The highest BCUT2D eigenvalue weighted by Crippen LogP contribution is 2.34. The molecule has 0 aliphatic carbocycles. The second-order valence-corrected chi connectivity index (χ2v) is 7.90. The Labute approximate surface area is 184 Å². The van der Waals surface area contributed by atoms with Crippen LogP contribution in [0.2, 0.25) is 0 Å². The number of nitrogens with zero attached hydrogens (tertiary/aromatic N) is 1. The van der Waals surface area contributed by atoms with Crippen LogP contribution in [-0.4, -0.2) is 38.1 Å². The van der Waals surface area contributed by atoms with E-state index in [-0.39, 0.29) is 0 Å². The largest absolute Gasteiger partial charge is 0.497 e. The maximum Gasteiger partial charge on any atom is 0.183 e. The molecule has 0 atom stereocenters. The lowest BCUT2D eigenvalue weighted by atomic mass is 9.92. The Morgan fingerprint density at radius 2 is 1.58 bits per heavy atom. The monoisotopic (exact) mass is 416 g/mol. The normalized spacial score (nSPS) is 13.0. The number of likely N-dealkylation sites (N-methyl/N-ethyl adjacent to an activating group) is 1. The van der Waals surface area contributed by atoms with Gasteiger partial charge in [0.2, 0.25) is 0 Å².